The number of nitrogens with zero attached hydrogens (tertiary/aromatic N) is 4. The van der Waals surface area contributed by atoms with Gasteiger partial charge in [0.2, 0.25) is 0 Å². The van der Waals surface area contributed by atoms with Gasteiger partial charge in [-0.1, -0.05) is 233 Å². The Balaban J connectivity index is 0.00000645. The maximum atomic E-state index is 5.35. The molecule has 14 aromatic rings. The van der Waals surface area contributed by atoms with Crippen molar-refractivity contribution in [2.24, 2.45) is 0 Å². The van der Waals surface area contributed by atoms with Crippen molar-refractivity contribution < 1.29 is 20.1 Å². The van der Waals surface area contributed by atoms with E-state index in [1.165, 1.54) is 5.56 Å². The Morgan fingerprint density at radius 2 is 0.614 bits per heavy atom. The smallest absolute Gasteiger partial charge is 0.305 e. The van der Waals surface area contributed by atoms with Crippen LogP contribution in [0.2, 0.25) is 0 Å². The molecule has 5 heteroatoms. The van der Waals surface area contributed by atoms with Gasteiger partial charge in [-0.15, -0.1) is 83.4 Å². The molecule has 0 atom stereocenters. The summed E-state index contributed by atoms with van der Waals surface area (Å²) in [5.74, 6) is 0. The normalized spacial score (nSPS) is 11.0. The Kier molecular flexibility index (Phi) is 14.7. The summed E-state index contributed by atoms with van der Waals surface area (Å²) >= 11 is 0. The summed E-state index contributed by atoms with van der Waals surface area (Å²) in [6, 6.07) is 111. The molecule has 0 aliphatic carbocycles. The maximum absolute atomic E-state index is 5.35. The van der Waals surface area contributed by atoms with E-state index < -0.39 is 0 Å². The molecule has 390 valence electrons. The van der Waals surface area contributed by atoms with Crippen LogP contribution in [0.3, 0.4) is 0 Å². The number of fused-ring (bicyclic) bond motifs is 1. The van der Waals surface area contributed by atoms with E-state index in [9.17, 15) is 0 Å². The number of hydrogen-bond donors (Lipinski definition) is 0. The number of pyridine rings is 2. The number of rotatable bonds is 12. The minimum atomic E-state index is 0. The van der Waals surface area contributed by atoms with Crippen LogP contribution in [0.15, 0.2) is 298 Å². The Hall–Kier alpha value is -10.3. The van der Waals surface area contributed by atoms with Crippen LogP contribution in [-0.2, 0) is 20.1 Å². The van der Waals surface area contributed by atoms with Gasteiger partial charge in [0, 0.05) is 18.1 Å². The van der Waals surface area contributed by atoms with Gasteiger partial charge in [-0.2, -0.15) is 0 Å². The zero-order valence-electron chi connectivity index (χ0n) is 44.9. The molecule has 0 bridgehead atoms. The molecule has 0 radical (unpaired) electrons. The molecule has 3 aromatic heterocycles. The van der Waals surface area contributed by atoms with E-state index in [1.54, 1.807) is 0 Å². The van der Waals surface area contributed by atoms with E-state index in [1.807, 2.05) is 79.1 Å². The van der Waals surface area contributed by atoms with Crippen molar-refractivity contribution in [1.82, 2.24) is 19.9 Å². The van der Waals surface area contributed by atoms with Crippen LogP contribution in [0.5, 0.6) is 0 Å². The van der Waals surface area contributed by atoms with Crippen LogP contribution in [0.1, 0.15) is 0 Å². The van der Waals surface area contributed by atoms with Gasteiger partial charge in [0.15, 0.2) is 0 Å². The monoisotopic (exact) mass is 1230 g/mol. The number of hydrogen-bond acceptors (Lipinski definition) is 4. The van der Waals surface area contributed by atoms with Crippen molar-refractivity contribution in [2.75, 3.05) is 0 Å². The average Bonchev–Trinajstić information content (AvgIpc) is 3.75. The minimum Gasteiger partial charge on any atom is -0.305 e. The number of para-hydroxylation sites is 2. The number of benzene rings is 11. The van der Waals surface area contributed by atoms with E-state index in [0.29, 0.717) is 0 Å². The zero-order valence-corrected chi connectivity index (χ0v) is 47.3. The molecule has 0 fully saturated rings. The molecule has 0 saturated carbocycles. The molecule has 0 N–H and O–H groups in total. The third kappa shape index (κ3) is 10.7. The summed E-state index contributed by atoms with van der Waals surface area (Å²) in [7, 11) is 0. The second-order valence-electron chi connectivity index (χ2n) is 20.2. The van der Waals surface area contributed by atoms with Crippen molar-refractivity contribution in [3.63, 3.8) is 0 Å². The average molecular weight is 1230 g/mol. The Bertz CT molecular complexity index is 4420. The van der Waals surface area contributed by atoms with Crippen LogP contribution in [-0.4, -0.2) is 19.9 Å². The van der Waals surface area contributed by atoms with Crippen LogP contribution in [0.25, 0.3) is 145 Å². The van der Waals surface area contributed by atoms with E-state index in [0.717, 1.165) is 140 Å². The fourth-order valence-electron chi connectivity index (χ4n) is 11.1. The first kappa shape index (κ1) is 52.1. The van der Waals surface area contributed by atoms with E-state index in [4.69, 9.17) is 9.97 Å². The van der Waals surface area contributed by atoms with Gasteiger partial charge in [0.25, 0.3) is 0 Å². The van der Waals surface area contributed by atoms with Crippen LogP contribution in [0, 0.1) is 18.2 Å². The Labute approximate surface area is 497 Å². The van der Waals surface area contributed by atoms with Crippen molar-refractivity contribution >= 4 is 11.0 Å². The summed E-state index contributed by atoms with van der Waals surface area (Å²) in [5.41, 5.74) is 26.2. The zero-order chi connectivity index (χ0) is 54.6. The van der Waals surface area contributed by atoms with Crippen molar-refractivity contribution in [1.29, 1.82) is 0 Å². The summed E-state index contributed by atoms with van der Waals surface area (Å²) < 4.78 is 0. The summed E-state index contributed by atoms with van der Waals surface area (Å²) in [5, 5.41) is 0. The quantitative estimate of drug-likeness (QED) is 0.114. The maximum Gasteiger partial charge on any atom is 3.00 e. The molecule has 3 heterocycles. The number of aromatic nitrogens is 4. The molecular weight excluding hydrogens is 1190 g/mol. The van der Waals surface area contributed by atoms with Crippen LogP contribution in [0.4, 0.5) is 0 Å². The standard InChI is InChI=1S/C78H49N4.Ir/c1-3-19-53(20-4-1)54-33-35-57(36-34-54)72-52-61(78-77(60-21-5-2-6-22-60)81-75-31-13-14-32-76(75)82-78)45-46-71(72)70-28-12-11-27-69(70)64-50-62(67-25-9-7-23-65(67)55-37-41-58(42-38-55)73-29-15-17-47-79-73)49-63(51-64)68-26-10-8-24-66(68)56-39-43-59(44-40-56)74-30-16-18-48-80-74;/h1-41,43,46-52H;/q-3;+3. The van der Waals surface area contributed by atoms with Crippen LogP contribution >= 0.6 is 0 Å². The molecular formula is C78H49IrN4. The Morgan fingerprint density at radius 1 is 0.229 bits per heavy atom. The summed E-state index contributed by atoms with van der Waals surface area (Å²) in [6.45, 7) is 0. The molecule has 0 saturated heterocycles. The van der Waals surface area contributed by atoms with Gasteiger partial charge in [-0.05, 0) is 109 Å². The summed E-state index contributed by atoms with van der Waals surface area (Å²) in [6.07, 6.45) is 3.65. The van der Waals surface area contributed by atoms with Gasteiger partial charge < -0.3 is 9.97 Å². The van der Waals surface area contributed by atoms with Crippen molar-refractivity contribution in [3.8, 4) is 134 Å². The fourth-order valence-corrected chi connectivity index (χ4v) is 11.1. The SMILES string of the molecule is [Ir+3].[c-]1cc(-c2ccccc2-c2cc(-c3ccccc3-c3c[c-]c(-c4ccccn4)cc3)cc(-c3ccccc3-c3c[c-]c(-c4nc5ccccc5nc4-c4ccccc4)cc3-c3ccc(-c4ccccc4)cc3)c2)ccc1-c1ccccn1. The summed E-state index contributed by atoms with van der Waals surface area (Å²) in [4.78, 5) is 19.8. The largest absolute Gasteiger partial charge is 3.00 e. The molecule has 11 aromatic carbocycles. The van der Waals surface area contributed by atoms with Crippen molar-refractivity contribution in [2.45, 2.75) is 0 Å². The molecule has 83 heavy (non-hydrogen) atoms. The van der Waals surface area contributed by atoms with E-state index in [-0.39, 0.29) is 20.1 Å². The fraction of sp³-hybridized carbons (Fsp3) is 0. The second kappa shape index (κ2) is 23.4. The molecule has 0 unspecified atom stereocenters. The Morgan fingerprint density at radius 3 is 1.10 bits per heavy atom. The topological polar surface area (TPSA) is 51.6 Å². The molecule has 0 aliphatic heterocycles. The van der Waals surface area contributed by atoms with Gasteiger partial charge in [0.05, 0.1) is 16.7 Å². The second-order valence-corrected chi connectivity index (χ2v) is 20.2. The van der Waals surface area contributed by atoms with Crippen molar-refractivity contribution in [3.05, 3.63) is 316 Å². The third-order valence-electron chi connectivity index (χ3n) is 15.2. The van der Waals surface area contributed by atoms with Crippen LogP contribution < -0.4 is 0 Å². The third-order valence-corrected chi connectivity index (χ3v) is 15.2. The van der Waals surface area contributed by atoms with Gasteiger partial charge in [0.1, 0.15) is 0 Å². The van der Waals surface area contributed by atoms with Gasteiger partial charge >= 0.3 is 20.1 Å². The first-order chi connectivity index (χ1) is 40.6. The molecule has 4 nitrogen and oxygen atoms in total. The van der Waals surface area contributed by atoms with E-state index >= 15 is 0 Å². The molecule has 14 rings (SSSR count). The van der Waals surface area contributed by atoms with Gasteiger partial charge in [-0.3, -0.25) is 9.97 Å². The molecule has 0 aliphatic rings. The van der Waals surface area contributed by atoms with E-state index in [2.05, 4.69) is 247 Å². The minimum absolute atomic E-state index is 0. The first-order valence-electron chi connectivity index (χ1n) is 27.5. The molecule has 0 amide bonds. The predicted molar refractivity (Wildman–Crippen MR) is 337 cm³/mol. The first-order valence-corrected chi connectivity index (χ1v) is 27.5. The molecule has 0 spiro atoms. The van der Waals surface area contributed by atoms with Gasteiger partial charge in [-0.25, -0.2) is 0 Å². The predicted octanol–water partition coefficient (Wildman–Crippen LogP) is 19.8.